The van der Waals surface area contributed by atoms with Crippen molar-refractivity contribution in [3.63, 3.8) is 0 Å². The van der Waals surface area contributed by atoms with Gasteiger partial charge in [0.25, 0.3) is 0 Å². The first kappa shape index (κ1) is 17.2. The lowest BCUT2D eigenvalue weighted by molar-refractivity contribution is -0.500. The summed E-state index contributed by atoms with van der Waals surface area (Å²) in [5.74, 6) is 0.225. The van der Waals surface area contributed by atoms with E-state index in [1.807, 2.05) is 18.2 Å². The summed E-state index contributed by atoms with van der Waals surface area (Å²) in [5.41, 5.74) is 3.98. The van der Waals surface area contributed by atoms with Crippen molar-refractivity contribution in [3.8, 4) is 5.75 Å². The van der Waals surface area contributed by atoms with E-state index in [0.717, 1.165) is 5.56 Å². The van der Waals surface area contributed by atoms with Crippen LogP contribution in [0.2, 0.25) is 5.02 Å². The topological polar surface area (TPSA) is 47.3 Å². The SMILES string of the molecule is CNC(=S)N[NH+]=Cc1cccc(OCc2c(F)cccc2Cl)c1. The highest BCUT2D eigenvalue weighted by atomic mass is 35.5. The number of thiocarbonyl (C=S) groups is 1. The Morgan fingerprint density at radius 3 is 2.87 bits per heavy atom. The molecular weight excluding hydrogens is 337 g/mol. The van der Waals surface area contributed by atoms with Crippen molar-refractivity contribution in [1.82, 2.24) is 10.7 Å². The summed E-state index contributed by atoms with van der Waals surface area (Å²) < 4.78 is 19.3. The number of ether oxygens (including phenoxy) is 1. The number of benzene rings is 2. The minimum Gasteiger partial charge on any atom is -0.489 e. The van der Waals surface area contributed by atoms with Crippen molar-refractivity contribution in [3.05, 3.63) is 64.4 Å². The molecule has 0 fully saturated rings. The molecule has 0 spiro atoms. The van der Waals surface area contributed by atoms with E-state index in [0.29, 0.717) is 21.4 Å². The lowest BCUT2D eigenvalue weighted by Gasteiger charge is -2.08. The number of nitrogens with one attached hydrogen (secondary N) is 3. The van der Waals surface area contributed by atoms with Gasteiger partial charge >= 0.3 is 0 Å². The molecule has 0 atom stereocenters. The minimum absolute atomic E-state index is 0.0600. The average molecular weight is 353 g/mol. The van der Waals surface area contributed by atoms with Gasteiger partial charge in [0.2, 0.25) is 5.11 Å². The highest BCUT2D eigenvalue weighted by molar-refractivity contribution is 7.80. The second-order valence-corrected chi connectivity index (χ2v) is 5.37. The zero-order valence-corrected chi connectivity index (χ0v) is 14.0. The first-order valence-corrected chi connectivity index (χ1v) is 7.61. The maximum Gasteiger partial charge on any atom is 0.223 e. The van der Waals surface area contributed by atoms with Crippen molar-refractivity contribution >= 4 is 35.1 Å². The quantitative estimate of drug-likeness (QED) is 0.434. The molecule has 0 aliphatic rings. The zero-order valence-electron chi connectivity index (χ0n) is 12.4. The smallest absolute Gasteiger partial charge is 0.223 e. The van der Waals surface area contributed by atoms with Gasteiger partial charge < -0.3 is 10.1 Å². The molecule has 7 heteroatoms. The molecule has 0 aliphatic heterocycles. The third-order valence-electron chi connectivity index (χ3n) is 2.95. The normalized spacial score (nSPS) is 10.6. The Morgan fingerprint density at radius 1 is 1.35 bits per heavy atom. The van der Waals surface area contributed by atoms with Crippen LogP contribution < -0.4 is 20.6 Å². The predicted molar refractivity (Wildman–Crippen MR) is 93.1 cm³/mol. The van der Waals surface area contributed by atoms with E-state index in [-0.39, 0.29) is 12.4 Å². The van der Waals surface area contributed by atoms with Crippen molar-refractivity contribution in [2.45, 2.75) is 6.61 Å². The summed E-state index contributed by atoms with van der Waals surface area (Å²) in [6.45, 7) is 0.0600. The van der Waals surface area contributed by atoms with E-state index in [4.69, 9.17) is 28.6 Å². The second-order valence-electron chi connectivity index (χ2n) is 4.55. The fraction of sp³-hybridized carbons (Fsp3) is 0.125. The van der Waals surface area contributed by atoms with Crippen LogP contribution in [0, 0.1) is 5.82 Å². The lowest BCUT2D eigenvalue weighted by atomic mass is 10.2. The second kappa shape index (κ2) is 8.45. The van der Waals surface area contributed by atoms with E-state index in [9.17, 15) is 4.39 Å². The molecule has 4 nitrogen and oxygen atoms in total. The van der Waals surface area contributed by atoms with Crippen LogP contribution in [0.3, 0.4) is 0 Å². The van der Waals surface area contributed by atoms with E-state index in [2.05, 4.69) is 15.8 Å². The monoisotopic (exact) mass is 352 g/mol. The number of hydrogen-bond donors (Lipinski definition) is 3. The first-order chi connectivity index (χ1) is 11.1. The Morgan fingerprint density at radius 2 is 2.13 bits per heavy atom. The maximum atomic E-state index is 13.7. The van der Waals surface area contributed by atoms with E-state index < -0.39 is 0 Å². The van der Waals surface area contributed by atoms with Crippen molar-refractivity contribution in [1.29, 1.82) is 0 Å². The van der Waals surface area contributed by atoms with Crippen LogP contribution in [0.4, 0.5) is 4.39 Å². The van der Waals surface area contributed by atoms with Crippen LogP contribution in [-0.4, -0.2) is 18.4 Å². The largest absolute Gasteiger partial charge is 0.489 e. The first-order valence-electron chi connectivity index (χ1n) is 6.82. The van der Waals surface area contributed by atoms with E-state index in [1.165, 1.54) is 6.07 Å². The molecule has 2 rings (SSSR count). The third kappa shape index (κ3) is 5.19. The molecular formula is C16H16ClFN3OS+. The Bertz CT molecular complexity index is 704. The van der Waals surface area contributed by atoms with Crippen molar-refractivity contribution < 1.29 is 14.2 Å². The molecule has 120 valence electrons. The molecule has 2 aromatic rings. The summed E-state index contributed by atoms with van der Waals surface area (Å²) in [7, 11) is 1.72. The Labute approximate surface area is 144 Å². The molecule has 0 aromatic heterocycles. The average Bonchev–Trinajstić information content (AvgIpc) is 2.54. The Kier molecular flexibility index (Phi) is 6.31. The molecule has 0 unspecified atom stereocenters. The number of hydrazine groups is 1. The maximum absolute atomic E-state index is 13.7. The van der Waals surface area contributed by atoms with Crippen molar-refractivity contribution in [2.24, 2.45) is 0 Å². The van der Waals surface area contributed by atoms with Gasteiger partial charge in [0.05, 0.1) is 5.02 Å². The van der Waals surface area contributed by atoms with E-state index in [1.54, 1.807) is 31.5 Å². The molecule has 0 heterocycles. The number of halogens is 2. The minimum atomic E-state index is -0.383. The summed E-state index contributed by atoms with van der Waals surface area (Å²) in [6, 6.07) is 11.9. The van der Waals surface area contributed by atoms with Crippen LogP contribution in [0.15, 0.2) is 42.5 Å². The molecule has 0 saturated carbocycles. The van der Waals surface area contributed by atoms with Gasteiger partial charge in [-0.15, -0.1) is 10.5 Å². The van der Waals surface area contributed by atoms with Crippen LogP contribution in [0.5, 0.6) is 5.75 Å². The molecule has 0 saturated heterocycles. The number of hydrazone groups is 1. The van der Waals surface area contributed by atoms with Gasteiger partial charge in [0, 0.05) is 18.2 Å². The fourth-order valence-electron chi connectivity index (χ4n) is 1.77. The summed E-state index contributed by atoms with van der Waals surface area (Å²) in [5, 5.41) is 6.45. The molecule has 0 amide bonds. The van der Waals surface area contributed by atoms with Crippen LogP contribution >= 0.6 is 23.8 Å². The van der Waals surface area contributed by atoms with Gasteiger partial charge in [0.15, 0.2) is 6.21 Å². The lowest BCUT2D eigenvalue weighted by Crippen LogP contribution is -2.82. The predicted octanol–water partition coefficient (Wildman–Crippen LogP) is 1.57. The van der Waals surface area contributed by atoms with Gasteiger partial charge in [-0.05, 0) is 42.5 Å². The number of rotatable bonds is 5. The molecule has 23 heavy (non-hydrogen) atoms. The standard InChI is InChI=1S/C16H15ClFN3OS/c1-19-16(23)21-20-9-11-4-2-5-12(8-11)22-10-13-14(17)6-3-7-15(13)18/h2-9H,10H2,1H3,(H2,19,21,23)/p+1. The zero-order chi connectivity index (χ0) is 16.7. The third-order valence-corrected chi connectivity index (χ3v) is 3.61. The highest BCUT2D eigenvalue weighted by Crippen LogP contribution is 2.21. The van der Waals surface area contributed by atoms with Gasteiger partial charge in [-0.1, -0.05) is 23.7 Å². The van der Waals surface area contributed by atoms with Crippen LogP contribution in [0.1, 0.15) is 11.1 Å². The van der Waals surface area contributed by atoms with Crippen molar-refractivity contribution in [2.75, 3.05) is 7.05 Å². The Balaban J connectivity index is 2.01. The fourth-order valence-corrected chi connectivity index (χ4v) is 2.04. The Hall–Kier alpha value is -2.18. The molecule has 0 radical (unpaired) electrons. The van der Waals surface area contributed by atoms with E-state index >= 15 is 0 Å². The van der Waals surface area contributed by atoms with Gasteiger partial charge in [-0.3, -0.25) is 0 Å². The summed E-state index contributed by atoms with van der Waals surface area (Å²) in [4.78, 5) is 0. The van der Waals surface area contributed by atoms with Gasteiger partial charge in [0.1, 0.15) is 18.2 Å². The molecule has 0 aliphatic carbocycles. The number of hydrogen-bond acceptors (Lipinski definition) is 2. The van der Waals surface area contributed by atoms with Gasteiger partial charge in [-0.2, -0.15) is 0 Å². The molecule has 2 aromatic carbocycles. The molecule has 3 N–H and O–H groups in total. The van der Waals surface area contributed by atoms with Crippen LogP contribution in [-0.2, 0) is 6.61 Å². The van der Waals surface area contributed by atoms with Gasteiger partial charge in [-0.25, -0.2) is 4.39 Å². The highest BCUT2D eigenvalue weighted by Gasteiger charge is 2.08. The van der Waals surface area contributed by atoms with Crippen LogP contribution in [0.25, 0.3) is 0 Å². The summed E-state index contributed by atoms with van der Waals surface area (Å²) >= 11 is 10.9. The molecule has 0 bridgehead atoms. The summed E-state index contributed by atoms with van der Waals surface area (Å²) in [6.07, 6.45) is 1.73.